The third-order valence-electron chi connectivity index (χ3n) is 6.77. The summed E-state index contributed by atoms with van der Waals surface area (Å²) in [6.07, 6.45) is 6.59. The molecule has 2 aliphatic rings. The molecule has 2 aliphatic carbocycles. The van der Waals surface area contributed by atoms with E-state index in [2.05, 4.69) is 44.0 Å². The normalized spacial score (nSPS) is 27.4. The van der Waals surface area contributed by atoms with E-state index in [0.717, 1.165) is 24.1 Å². The summed E-state index contributed by atoms with van der Waals surface area (Å²) in [6.45, 7) is 9.38. The first kappa shape index (κ1) is 14.9. The van der Waals surface area contributed by atoms with Gasteiger partial charge in [-0.1, -0.05) is 34.1 Å². The molecular weight excluding hydrogens is 284 g/mol. The molecular formula is C19H26N4. The Morgan fingerprint density at radius 1 is 1.26 bits per heavy atom. The monoisotopic (exact) mass is 310 g/mol. The van der Waals surface area contributed by atoms with Gasteiger partial charge >= 0.3 is 0 Å². The average molecular weight is 310 g/mol. The van der Waals surface area contributed by atoms with Crippen LogP contribution in [-0.2, 0) is 18.9 Å². The van der Waals surface area contributed by atoms with E-state index in [-0.39, 0.29) is 10.8 Å². The van der Waals surface area contributed by atoms with Gasteiger partial charge in [0.1, 0.15) is 0 Å². The maximum absolute atomic E-state index is 4.71. The van der Waals surface area contributed by atoms with Crippen LogP contribution in [0.2, 0.25) is 0 Å². The summed E-state index contributed by atoms with van der Waals surface area (Å²) in [5.74, 6) is 0.614. The lowest BCUT2D eigenvalue weighted by molar-refractivity contribution is 0.226. The second kappa shape index (κ2) is 4.65. The van der Waals surface area contributed by atoms with E-state index in [4.69, 9.17) is 5.10 Å². The molecule has 1 fully saturated rings. The lowest BCUT2D eigenvalue weighted by atomic mass is 9.70. The van der Waals surface area contributed by atoms with Crippen LogP contribution >= 0.6 is 0 Å². The van der Waals surface area contributed by atoms with Crippen molar-refractivity contribution in [1.29, 1.82) is 0 Å². The van der Waals surface area contributed by atoms with Crippen LogP contribution in [0.4, 0.5) is 0 Å². The summed E-state index contributed by atoms with van der Waals surface area (Å²) in [4.78, 5) is 0. The first-order valence-corrected chi connectivity index (χ1v) is 8.79. The van der Waals surface area contributed by atoms with Crippen molar-refractivity contribution >= 4 is 0 Å². The van der Waals surface area contributed by atoms with Gasteiger partial charge in [-0.15, -0.1) is 0 Å². The lowest BCUT2D eigenvalue weighted by Crippen LogP contribution is -2.32. The quantitative estimate of drug-likeness (QED) is 0.860. The van der Waals surface area contributed by atoms with E-state index in [1.54, 1.807) is 0 Å². The Balaban J connectivity index is 1.84. The highest BCUT2D eigenvalue weighted by Crippen LogP contribution is 2.67. The van der Waals surface area contributed by atoms with Gasteiger partial charge in [0, 0.05) is 23.7 Å². The molecule has 0 unspecified atom stereocenters. The lowest BCUT2D eigenvalue weighted by Gasteiger charge is -2.33. The predicted molar refractivity (Wildman–Crippen MR) is 91.3 cm³/mol. The molecule has 2 heterocycles. The van der Waals surface area contributed by atoms with Crippen molar-refractivity contribution in [2.45, 2.75) is 64.7 Å². The molecule has 0 aromatic carbocycles. The molecule has 4 rings (SSSR count). The highest BCUT2D eigenvalue weighted by Gasteiger charge is 2.60. The Kier molecular flexibility index (Phi) is 3.00. The van der Waals surface area contributed by atoms with E-state index in [0.29, 0.717) is 5.92 Å². The molecule has 1 saturated carbocycles. The number of aryl methyl sites for hydroxylation is 1. The number of fused-ring (bicyclic) bond motifs is 5. The fourth-order valence-electron chi connectivity index (χ4n) is 4.91. The van der Waals surface area contributed by atoms with Crippen LogP contribution in [0.3, 0.4) is 0 Å². The van der Waals surface area contributed by atoms with Crippen molar-refractivity contribution in [2.24, 2.45) is 12.5 Å². The Labute approximate surface area is 138 Å². The third-order valence-corrected chi connectivity index (χ3v) is 6.77. The van der Waals surface area contributed by atoms with Gasteiger partial charge in [-0.25, -0.2) is 0 Å². The van der Waals surface area contributed by atoms with Crippen LogP contribution in [0.1, 0.15) is 69.8 Å². The van der Waals surface area contributed by atoms with Gasteiger partial charge in [-0.05, 0) is 42.2 Å². The van der Waals surface area contributed by atoms with E-state index >= 15 is 0 Å². The highest BCUT2D eigenvalue weighted by molar-refractivity contribution is 5.63. The zero-order valence-corrected chi connectivity index (χ0v) is 14.8. The van der Waals surface area contributed by atoms with Crippen LogP contribution in [0.15, 0.2) is 12.3 Å². The van der Waals surface area contributed by atoms with Crippen LogP contribution in [0.5, 0.6) is 0 Å². The smallest absolute Gasteiger partial charge is 0.0967 e. The van der Waals surface area contributed by atoms with Crippen molar-refractivity contribution in [3.05, 3.63) is 29.2 Å². The molecule has 2 atom stereocenters. The fourth-order valence-corrected chi connectivity index (χ4v) is 4.91. The van der Waals surface area contributed by atoms with Gasteiger partial charge in [0.25, 0.3) is 0 Å². The predicted octanol–water partition coefficient (Wildman–Crippen LogP) is 4.00. The summed E-state index contributed by atoms with van der Waals surface area (Å²) in [5.41, 5.74) is 6.53. The summed E-state index contributed by atoms with van der Waals surface area (Å²) in [5, 5.41) is 13.8. The summed E-state index contributed by atoms with van der Waals surface area (Å²) < 4.78 is 1.98. The number of hydrogen-bond donors (Lipinski definition) is 0. The zero-order chi connectivity index (χ0) is 16.4. The third kappa shape index (κ3) is 1.75. The summed E-state index contributed by atoms with van der Waals surface area (Å²) in [6, 6.07) is 2.30. The minimum absolute atomic E-state index is 0.180. The molecule has 0 spiro atoms. The second-order valence-electron chi connectivity index (χ2n) is 8.06. The van der Waals surface area contributed by atoms with E-state index in [1.165, 1.54) is 29.8 Å². The summed E-state index contributed by atoms with van der Waals surface area (Å²) in [7, 11) is 2.02. The second-order valence-corrected chi connectivity index (χ2v) is 8.06. The number of hydrogen-bond acceptors (Lipinski definition) is 3. The standard InChI is InChI=1S/C19H26N4/c1-6-7-16-13(11-20-23(16)5)15-10-12-14-8-9-19(4,18(14,2)3)17(12)22-21-15/h10-11,14H,6-9H2,1-5H3/t14-,19+/m0/s1. The van der Waals surface area contributed by atoms with Crippen LogP contribution in [-0.4, -0.2) is 20.0 Å². The topological polar surface area (TPSA) is 43.6 Å². The molecule has 2 bridgehead atoms. The molecule has 0 radical (unpaired) electrons. The largest absolute Gasteiger partial charge is 0.272 e. The summed E-state index contributed by atoms with van der Waals surface area (Å²) >= 11 is 0. The van der Waals surface area contributed by atoms with Crippen molar-refractivity contribution < 1.29 is 0 Å². The van der Waals surface area contributed by atoms with Gasteiger partial charge in [0.05, 0.1) is 17.6 Å². The van der Waals surface area contributed by atoms with Crippen LogP contribution in [0.25, 0.3) is 11.3 Å². The van der Waals surface area contributed by atoms with E-state index in [9.17, 15) is 0 Å². The number of nitrogens with zero attached hydrogens (tertiary/aromatic N) is 4. The first-order valence-electron chi connectivity index (χ1n) is 8.79. The van der Waals surface area contributed by atoms with Crippen molar-refractivity contribution in [2.75, 3.05) is 0 Å². The Morgan fingerprint density at radius 3 is 2.78 bits per heavy atom. The minimum atomic E-state index is 0.180. The van der Waals surface area contributed by atoms with Crippen LogP contribution < -0.4 is 0 Å². The average Bonchev–Trinajstić information content (AvgIpc) is 3.04. The Morgan fingerprint density at radius 2 is 2.04 bits per heavy atom. The van der Waals surface area contributed by atoms with Gasteiger partial charge in [0.15, 0.2) is 0 Å². The highest BCUT2D eigenvalue weighted by atomic mass is 15.3. The van der Waals surface area contributed by atoms with Gasteiger partial charge in [-0.2, -0.15) is 15.3 Å². The van der Waals surface area contributed by atoms with Crippen molar-refractivity contribution in [3.8, 4) is 11.3 Å². The van der Waals surface area contributed by atoms with Crippen LogP contribution in [0, 0.1) is 5.41 Å². The van der Waals surface area contributed by atoms with Gasteiger partial charge in [0.2, 0.25) is 0 Å². The molecule has 0 N–H and O–H groups in total. The Bertz CT molecular complexity index is 774. The zero-order valence-electron chi connectivity index (χ0n) is 14.8. The number of rotatable bonds is 3. The molecule has 23 heavy (non-hydrogen) atoms. The molecule has 0 amide bonds. The molecule has 4 heteroatoms. The SMILES string of the molecule is CCCc1c(-c2cc3c(nn2)[C@@]2(C)CC[C@@H]3C2(C)C)cnn1C. The van der Waals surface area contributed by atoms with Gasteiger partial charge in [-0.3, -0.25) is 4.68 Å². The molecule has 0 aliphatic heterocycles. The van der Waals surface area contributed by atoms with Gasteiger partial charge < -0.3 is 0 Å². The molecule has 2 aromatic heterocycles. The first-order chi connectivity index (χ1) is 10.9. The fraction of sp³-hybridized carbons (Fsp3) is 0.632. The number of aromatic nitrogens is 4. The van der Waals surface area contributed by atoms with Crippen molar-refractivity contribution in [3.63, 3.8) is 0 Å². The van der Waals surface area contributed by atoms with Crippen molar-refractivity contribution in [1.82, 2.24) is 20.0 Å². The molecule has 2 aromatic rings. The van der Waals surface area contributed by atoms with E-state index in [1.807, 2.05) is 17.9 Å². The molecule has 122 valence electrons. The van der Waals surface area contributed by atoms with E-state index < -0.39 is 0 Å². The maximum Gasteiger partial charge on any atom is 0.0967 e. The molecule has 0 saturated heterocycles. The maximum atomic E-state index is 4.71. The molecule has 4 nitrogen and oxygen atoms in total. The minimum Gasteiger partial charge on any atom is -0.272 e. The Hall–Kier alpha value is -1.71.